The van der Waals surface area contributed by atoms with Crippen LogP contribution < -0.4 is 11.1 Å². The minimum atomic E-state index is 0.0102. The molecule has 0 bridgehead atoms. The third-order valence-corrected chi connectivity index (χ3v) is 4.01. The standard InChI is InChI=1S/C15H21N3O2/c16-13(10-18-5-7-20-8-6-18)11-1-3-14-12(9-11)2-4-15(19)17-14/h1,3,9,13H,2,4-8,10,16H2,(H,17,19). The maximum atomic E-state index is 11.4. The molecule has 1 atom stereocenters. The number of hydrogen-bond acceptors (Lipinski definition) is 4. The van der Waals surface area contributed by atoms with Gasteiger partial charge in [-0.25, -0.2) is 0 Å². The molecule has 0 saturated carbocycles. The molecule has 0 radical (unpaired) electrons. The lowest BCUT2D eigenvalue weighted by molar-refractivity contribution is -0.116. The Morgan fingerprint density at radius 1 is 1.30 bits per heavy atom. The summed E-state index contributed by atoms with van der Waals surface area (Å²) in [6.45, 7) is 4.35. The molecule has 0 aromatic heterocycles. The quantitative estimate of drug-likeness (QED) is 0.860. The van der Waals surface area contributed by atoms with Gasteiger partial charge in [-0.2, -0.15) is 0 Å². The maximum Gasteiger partial charge on any atom is 0.224 e. The molecule has 1 unspecified atom stereocenters. The number of amides is 1. The van der Waals surface area contributed by atoms with Crippen molar-refractivity contribution in [3.05, 3.63) is 29.3 Å². The maximum absolute atomic E-state index is 11.4. The number of aryl methyl sites for hydroxylation is 1. The highest BCUT2D eigenvalue weighted by molar-refractivity contribution is 5.93. The van der Waals surface area contributed by atoms with Gasteiger partial charge in [0.2, 0.25) is 5.91 Å². The average Bonchev–Trinajstić information content (AvgIpc) is 2.47. The van der Waals surface area contributed by atoms with E-state index in [1.54, 1.807) is 0 Å². The van der Waals surface area contributed by atoms with Crippen LogP contribution in [-0.4, -0.2) is 43.7 Å². The number of anilines is 1. The molecule has 5 heteroatoms. The lowest BCUT2D eigenvalue weighted by Gasteiger charge is -2.29. The Morgan fingerprint density at radius 2 is 2.10 bits per heavy atom. The minimum Gasteiger partial charge on any atom is -0.379 e. The topological polar surface area (TPSA) is 67.6 Å². The number of fused-ring (bicyclic) bond motifs is 1. The van der Waals surface area contributed by atoms with Crippen LogP contribution in [0.5, 0.6) is 0 Å². The average molecular weight is 275 g/mol. The summed E-state index contributed by atoms with van der Waals surface area (Å²) < 4.78 is 5.35. The molecule has 108 valence electrons. The molecule has 0 spiro atoms. The zero-order valence-electron chi connectivity index (χ0n) is 11.6. The summed E-state index contributed by atoms with van der Waals surface area (Å²) in [5, 5.41) is 2.90. The molecule has 5 nitrogen and oxygen atoms in total. The summed E-state index contributed by atoms with van der Waals surface area (Å²) in [6.07, 6.45) is 1.37. The van der Waals surface area contributed by atoms with Crippen LogP contribution in [0.2, 0.25) is 0 Å². The Morgan fingerprint density at radius 3 is 2.90 bits per heavy atom. The van der Waals surface area contributed by atoms with Crippen molar-refractivity contribution in [1.29, 1.82) is 0 Å². The molecule has 1 amide bonds. The molecule has 2 heterocycles. The van der Waals surface area contributed by atoms with Crippen molar-refractivity contribution in [1.82, 2.24) is 4.90 Å². The van der Waals surface area contributed by atoms with E-state index >= 15 is 0 Å². The summed E-state index contributed by atoms with van der Waals surface area (Å²) in [5.74, 6) is 0.0999. The summed E-state index contributed by atoms with van der Waals surface area (Å²) in [5.41, 5.74) is 9.59. The molecular formula is C15H21N3O2. The fraction of sp³-hybridized carbons (Fsp3) is 0.533. The minimum absolute atomic E-state index is 0.0102. The fourth-order valence-electron chi connectivity index (χ4n) is 2.80. The van der Waals surface area contributed by atoms with Crippen LogP contribution in [0, 0.1) is 0 Å². The third kappa shape index (κ3) is 3.00. The first-order valence-electron chi connectivity index (χ1n) is 7.21. The largest absolute Gasteiger partial charge is 0.379 e. The van der Waals surface area contributed by atoms with E-state index in [-0.39, 0.29) is 11.9 Å². The van der Waals surface area contributed by atoms with Crippen LogP contribution >= 0.6 is 0 Å². The number of ether oxygens (including phenoxy) is 1. The van der Waals surface area contributed by atoms with E-state index in [1.165, 1.54) is 5.56 Å². The van der Waals surface area contributed by atoms with E-state index < -0.39 is 0 Å². The molecule has 3 N–H and O–H groups in total. The van der Waals surface area contributed by atoms with E-state index in [2.05, 4.69) is 16.3 Å². The molecule has 1 saturated heterocycles. The number of carbonyl (C=O) groups excluding carboxylic acids is 1. The predicted octanol–water partition coefficient (Wildman–Crippen LogP) is 0.903. The number of nitrogens with zero attached hydrogens (tertiary/aromatic N) is 1. The third-order valence-electron chi connectivity index (χ3n) is 4.01. The van der Waals surface area contributed by atoms with Crippen molar-refractivity contribution in [2.45, 2.75) is 18.9 Å². The second kappa shape index (κ2) is 5.91. The first-order chi connectivity index (χ1) is 9.72. The number of morpholine rings is 1. The fourth-order valence-corrected chi connectivity index (χ4v) is 2.80. The van der Waals surface area contributed by atoms with Gasteiger partial charge in [0.25, 0.3) is 0 Å². The van der Waals surface area contributed by atoms with Crippen LogP contribution in [0.15, 0.2) is 18.2 Å². The summed E-state index contributed by atoms with van der Waals surface area (Å²) in [4.78, 5) is 13.7. The van der Waals surface area contributed by atoms with E-state index in [0.29, 0.717) is 6.42 Å². The van der Waals surface area contributed by atoms with Gasteiger partial charge in [-0.1, -0.05) is 12.1 Å². The molecule has 20 heavy (non-hydrogen) atoms. The van der Waals surface area contributed by atoms with Crippen molar-refractivity contribution in [2.24, 2.45) is 5.73 Å². The normalized spacial score (nSPS) is 21.1. The van der Waals surface area contributed by atoms with Crippen molar-refractivity contribution >= 4 is 11.6 Å². The number of nitrogens with one attached hydrogen (secondary N) is 1. The molecular weight excluding hydrogens is 254 g/mol. The predicted molar refractivity (Wildman–Crippen MR) is 77.6 cm³/mol. The second-order valence-corrected chi connectivity index (χ2v) is 5.48. The Bertz CT molecular complexity index is 498. The van der Waals surface area contributed by atoms with Crippen LogP contribution in [0.25, 0.3) is 0 Å². The van der Waals surface area contributed by atoms with Gasteiger partial charge in [0.15, 0.2) is 0 Å². The molecule has 0 aliphatic carbocycles. The lowest BCUT2D eigenvalue weighted by atomic mass is 9.97. The molecule has 2 aliphatic heterocycles. The van der Waals surface area contributed by atoms with Gasteiger partial charge in [-0.05, 0) is 23.6 Å². The van der Waals surface area contributed by atoms with Gasteiger partial charge >= 0.3 is 0 Å². The van der Waals surface area contributed by atoms with E-state index in [9.17, 15) is 4.79 Å². The number of nitrogens with two attached hydrogens (primary N) is 1. The van der Waals surface area contributed by atoms with Gasteiger partial charge in [0.1, 0.15) is 0 Å². The monoisotopic (exact) mass is 275 g/mol. The number of hydrogen-bond donors (Lipinski definition) is 2. The number of benzene rings is 1. The summed E-state index contributed by atoms with van der Waals surface area (Å²) in [6, 6.07) is 6.15. The van der Waals surface area contributed by atoms with Gasteiger partial charge in [0.05, 0.1) is 13.2 Å². The van der Waals surface area contributed by atoms with E-state index in [1.807, 2.05) is 12.1 Å². The van der Waals surface area contributed by atoms with Crippen LogP contribution in [-0.2, 0) is 16.0 Å². The Labute approximate surface area is 119 Å². The second-order valence-electron chi connectivity index (χ2n) is 5.48. The highest BCUT2D eigenvalue weighted by atomic mass is 16.5. The molecule has 1 aromatic rings. The Balaban J connectivity index is 1.68. The zero-order valence-corrected chi connectivity index (χ0v) is 11.6. The molecule has 1 aromatic carbocycles. The first kappa shape index (κ1) is 13.5. The van der Waals surface area contributed by atoms with Crippen molar-refractivity contribution in [3.63, 3.8) is 0 Å². The summed E-state index contributed by atoms with van der Waals surface area (Å²) in [7, 11) is 0. The highest BCUT2D eigenvalue weighted by Gasteiger charge is 2.18. The smallest absolute Gasteiger partial charge is 0.224 e. The molecule has 1 fully saturated rings. The van der Waals surface area contributed by atoms with E-state index in [0.717, 1.165) is 50.5 Å². The van der Waals surface area contributed by atoms with Gasteiger partial charge in [-0.3, -0.25) is 9.69 Å². The van der Waals surface area contributed by atoms with Gasteiger partial charge < -0.3 is 15.8 Å². The number of carbonyl (C=O) groups is 1. The van der Waals surface area contributed by atoms with Crippen molar-refractivity contribution in [3.8, 4) is 0 Å². The summed E-state index contributed by atoms with van der Waals surface area (Å²) >= 11 is 0. The number of rotatable bonds is 3. The van der Waals surface area contributed by atoms with Gasteiger partial charge in [0, 0.05) is 37.8 Å². The van der Waals surface area contributed by atoms with Crippen molar-refractivity contribution in [2.75, 3.05) is 38.2 Å². The lowest BCUT2D eigenvalue weighted by Crippen LogP contribution is -2.40. The van der Waals surface area contributed by atoms with E-state index in [4.69, 9.17) is 10.5 Å². The van der Waals surface area contributed by atoms with Crippen LogP contribution in [0.3, 0.4) is 0 Å². The Hall–Kier alpha value is -1.43. The molecule has 2 aliphatic rings. The van der Waals surface area contributed by atoms with Crippen molar-refractivity contribution < 1.29 is 9.53 Å². The first-order valence-corrected chi connectivity index (χ1v) is 7.21. The van der Waals surface area contributed by atoms with Gasteiger partial charge in [-0.15, -0.1) is 0 Å². The zero-order chi connectivity index (χ0) is 13.9. The van der Waals surface area contributed by atoms with Crippen LogP contribution in [0.4, 0.5) is 5.69 Å². The molecule has 3 rings (SSSR count). The SMILES string of the molecule is NC(CN1CCOCC1)c1ccc2c(c1)CCC(=O)N2. The van der Waals surface area contributed by atoms with Crippen LogP contribution in [0.1, 0.15) is 23.6 Å². The Kier molecular flexibility index (Phi) is 4.00. The highest BCUT2D eigenvalue weighted by Crippen LogP contribution is 2.25.